The average molecular weight is 227 g/mol. The molecule has 2 N–H and O–H groups in total. The highest BCUT2D eigenvalue weighted by Crippen LogP contribution is 2.11. The fourth-order valence-electron chi connectivity index (χ4n) is 1.53. The monoisotopic (exact) mass is 227 g/mol. The molecular formula is C11H21N3O2. The van der Waals surface area contributed by atoms with Crippen LogP contribution >= 0.6 is 0 Å². The standard InChI is InChI=1S/C11H21N3O2/c1-8(2)10(12)13-11(16-3)14-6-4-9(15)5-7-14/h8-9,12,15H,4-7H2,1-3H3. The number of likely N-dealkylation sites (tertiary alicyclic amines) is 1. The Bertz CT molecular complexity index is 268. The number of methoxy groups -OCH3 is 1. The largest absolute Gasteiger partial charge is 0.468 e. The smallest absolute Gasteiger partial charge is 0.293 e. The summed E-state index contributed by atoms with van der Waals surface area (Å²) in [5.74, 6) is 0.420. The van der Waals surface area contributed by atoms with Gasteiger partial charge in [-0.1, -0.05) is 13.8 Å². The van der Waals surface area contributed by atoms with Gasteiger partial charge < -0.3 is 14.7 Å². The molecular weight excluding hydrogens is 206 g/mol. The highest BCUT2D eigenvalue weighted by Gasteiger charge is 2.21. The molecule has 16 heavy (non-hydrogen) atoms. The van der Waals surface area contributed by atoms with E-state index in [1.807, 2.05) is 18.7 Å². The number of ether oxygens (including phenoxy) is 1. The molecule has 0 radical (unpaired) electrons. The van der Waals surface area contributed by atoms with E-state index in [1.165, 1.54) is 0 Å². The molecule has 5 heteroatoms. The van der Waals surface area contributed by atoms with Crippen molar-refractivity contribution in [1.29, 1.82) is 5.41 Å². The van der Waals surface area contributed by atoms with Crippen molar-refractivity contribution >= 4 is 11.9 Å². The van der Waals surface area contributed by atoms with Gasteiger partial charge in [-0.15, -0.1) is 0 Å². The van der Waals surface area contributed by atoms with Gasteiger partial charge in [0.1, 0.15) is 5.84 Å². The number of rotatable bonds is 1. The van der Waals surface area contributed by atoms with Gasteiger partial charge in [0.05, 0.1) is 13.2 Å². The number of piperidine rings is 1. The SMILES string of the molecule is COC(=NC(=N)C(C)C)N1CCC(O)CC1. The predicted molar refractivity (Wildman–Crippen MR) is 63.8 cm³/mol. The first-order chi connectivity index (χ1) is 7.54. The Balaban J connectivity index is 2.63. The second-order valence-electron chi connectivity index (χ2n) is 4.36. The molecule has 5 nitrogen and oxygen atoms in total. The Labute approximate surface area is 96.6 Å². The summed E-state index contributed by atoms with van der Waals surface area (Å²) in [7, 11) is 1.57. The van der Waals surface area contributed by atoms with Crippen molar-refractivity contribution in [2.75, 3.05) is 20.2 Å². The molecule has 0 unspecified atom stereocenters. The summed E-state index contributed by atoms with van der Waals surface area (Å²) in [6.45, 7) is 5.33. The lowest BCUT2D eigenvalue weighted by Gasteiger charge is -2.30. The Morgan fingerprint density at radius 3 is 2.44 bits per heavy atom. The lowest BCUT2D eigenvalue weighted by atomic mass is 10.1. The minimum Gasteiger partial charge on any atom is -0.468 e. The van der Waals surface area contributed by atoms with E-state index < -0.39 is 0 Å². The second kappa shape index (κ2) is 5.84. The molecule has 1 heterocycles. The highest BCUT2D eigenvalue weighted by atomic mass is 16.5. The third-order valence-electron chi connectivity index (χ3n) is 2.68. The zero-order valence-corrected chi connectivity index (χ0v) is 10.2. The van der Waals surface area contributed by atoms with Crippen molar-refractivity contribution in [3.8, 4) is 0 Å². The van der Waals surface area contributed by atoms with Crippen molar-refractivity contribution in [3.05, 3.63) is 0 Å². The third-order valence-corrected chi connectivity index (χ3v) is 2.68. The summed E-state index contributed by atoms with van der Waals surface area (Å²) < 4.78 is 5.20. The van der Waals surface area contributed by atoms with Crippen molar-refractivity contribution in [2.24, 2.45) is 10.9 Å². The van der Waals surface area contributed by atoms with Crippen LogP contribution in [0.1, 0.15) is 26.7 Å². The number of nitrogens with zero attached hydrogens (tertiary/aromatic N) is 2. The number of aliphatic hydroxyl groups is 1. The van der Waals surface area contributed by atoms with Crippen LogP contribution in [0.2, 0.25) is 0 Å². The Morgan fingerprint density at radius 2 is 2.00 bits per heavy atom. The van der Waals surface area contributed by atoms with Gasteiger partial charge in [0, 0.05) is 19.0 Å². The van der Waals surface area contributed by atoms with Crippen LogP contribution < -0.4 is 0 Å². The summed E-state index contributed by atoms with van der Waals surface area (Å²) in [5.41, 5.74) is 0. The number of aliphatic hydroxyl groups excluding tert-OH is 1. The van der Waals surface area contributed by atoms with Gasteiger partial charge in [-0.3, -0.25) is 5.41 Å². The van der Waals surface area contributed by atoms with Crippen LogP contribution in [0, 0.1) is 11.3 Å². The summed E-state index contributed by atoms with van der Waals surface area (Å²) in [5, 5.41) is 17.1. The van der Waals surface area contributed by atoms with Crippen molar-refractivity contribution in [3.63, 3.8) is 0 Å². The average Bonchev–Trinajstić information content (AvgIpc) is 2.26. The molecule has 0 aliphatic carbocycles. The van der Waals surface area contributed by atoms with Crippen molar-refractivity contribution < 1.29 is 9.84 Å². The van der Waals surface area contributed by atoms with E-state index in [4.69, 9.17) is 10.1 Å². The topological polar surface area (TPSA) is 68.9 Å². The maximum absolute atomic E-state index is 9.40. The van der Waals surface area contributed by atoms with Crippen LogP contribution in [0.3, 0.4) is 0 Å². The Hall–Kier alpha value is -1.10. The van der Waals surface area contributed by atoms with Crippen LogP contribution in [0.15, 0.2) is 4.99 Å². The van der Waals surface area contributed by atoms with E-state index in [1.54, 1.807) is 7.11 Å². The molecule has 0 aromatic heterocycles. The quantitative estimate of drug-likeness (QED) is 0.520. The van der Waals surface area contributed by atoms with Gasteiger partial charge in [-0.2, -0.15) is 4.99 Å². The van der Waals surface area contributed by atoms with Gasteiger partial charge in [0.2, 0.25) is 0 Å². The first-order valence-electron chi connectivity index (χ1n) is 5.68. The molecule has 1 fully saturated rings. The van der Waals surface area contributed by atoms with Crippen LogP contribution in [0.25, 0.3) is 0 Å². The molecule has 0 spiro atoms. The molecule has 0 aromatic carbocycles. The molecule has 0 amide bonds. The van der Waals surface area contributed by atoms with Gasteiger partial charge in [0.25, 0.3) is 6.02 Å². The van der Waals surface area contributed by atoms with Crippen LogP contribution in [-0.4, -0.2) is 48.2 Å². The first-order valence-corrected chi connectivity index (χ1v) is 5.68. The molecule has 0 aromatic rings. The fraction of sp³-hybridized carbons (Fsp3) is 0.818. The van der Waals surface area contributed by atoms with Crippen molar-refractivity contribution in [2.45, 2.75) is 32.8 Å². The summed E-state index contributed by atoms with van der Waals surface area (Å²) in [6, 6.07) is 0.491. The normalized spacial score (nSPS) is 19.1. The Morgan fingerprint density at radius 1 is 1.44 bits per heavy atom. The zero-order valence-electron chi connectivity index (χ0n) is 10.2. The molecule has 0 atom stereocenters. The molecule has 1 aliphatic rings. The second-order valence-corrected chi connectivity index (χ2v) is 4.36. The summed E-state index contributed by atoms with van der Waals surface area (Å²) >= 11 is 0. The lowest BCUT2D eigenvalue weighted by molar-refractivity contribution is 0.0997. The maximum atomic E-state index is 9.40. The van der Waals surface area contributed by atoms with Crippen LogP contribution in [-0.2, 0) is 4.74 Å². The fourth-order valence-corrected chi connectivity index (χ4v) is 1.53. The molecule has 1 saturated heterocycles. The number of nitrogens with one attached hydrogen (secondary N) is 1. The number of amidine groups is 2. The van der Waals surface area contributed by atoms with Crippen LogP contribution in [0.5, 0.6) is 0 Å². The van der Waals surface area contributed by atoms with E-state index >= 15 is 0 Å². The molecule has 1 aliphatic heterocycles. The minimum absolute atomic E-state index is 0.0977. The highest BCUT2D eigenvalue weighted by molar-refractivity contribution is 5.92. The number of hydrogen-bond acceptors (Lipinski definition) is 3. The zero-order chi connectivity index (χ0) is 12.1. The van der Waals surface area contributed by atoms with Gasteiger partial charge in [0.15, 0.2) is 0 Å². The van der Waals surface area contributed by atoms with Gasteiger partial charge in [-0.05, 0) is 12.8 Å². The van der Waals surface area contributed by atoms with Crippen LogP contribution in [0.4, 0.5) is 0 Å². The molecule has 0 bridgehead atoms. The van der Waals surface area contributed by atoms with Crippen molar-refractivity contribution in [1.82, 2.24) is 4.90 Å². The number of hydrogen-bond donors (Lipinski definition) is 2. The van der Waals surface area contributed by atoms with E-state index in [2.05, 4.69) is 4.99 Å². The van der Waals surface area contributed by atoms with Gasteiger partial charge in [-0.25, -0.2) is 0 Å². The predicted octanol–water partition coefficient (Wildman–Crippen LogP) is 1.08. The lowest BCUT2D eigenvalue weighted by Crippen LogP contribution is -2.41. The third kappa shape index (κ3) is 3.48. The summed E-state index contributed by atoms with van der Waals surface area (Å²) in [6.07, 6.45) is 1.26. The number of aliphatic imine (C=N–C) groups is 1. The van der Waals surface area contributed by atoms with E-state index in [0.29, 0.717) is 11.9 Å². The Kier molecular flexibility index (Phi) is 4.73. The van der Waals surface area contributed by atoms with E-state index in [0.717, 1.165) is 25.9 Å². The first kappa shape index (κ1) is 13.0. The van der Waals surface area contributed by atoms with E-state index in [9.17, 15) is 5.11 Å². The van der Waals surface area contributed by atoms with Gasteiger partial charge >= 0.3 is 0 Å². The maximum Gasteiger partial charge on any atom is 0.293 e. The minimum atomic E-state index is -0.209. The molecule has 92 valence electrons. The molecule has 0 saturated carbocycles. The van der Waals surface area contributed by atoms with E-state index in [-0.39, 0.29) is 12.0 Å². The molecule has 1 rings (SSSR count). The summed E-state index contributed by atoms with van der Waals surface area (Å²) in [4.78, 5) is 6.14.